The van der Waals surface area contributed by atoms with E-state index in [9.17, 15) is 9.32 Å². The van der Waals surface area contributed by atoms with Crippen LogP contribution in [0.5, 0.6) is 0 Å². The van der Waals surface area contributed by atoms with Gasteiger partial charge < -0.3 is 5.11 Å². The van der Waals surface area contributed by atoms with Gasteiger partial charge in [-0.05, 0) is 42.2 Å². The Morgan fingerprint density at radius 2 is 1.83 bits per heavy atom. The van der Waals surface area contributed by atoms with Crippen molar-refractivity contribution in [2.24, 2.45) is 0 Å². The number of aliphatic hydroxyl groups excluding tert-OH is 1. The van der Waals surface area contributed by atoms with E-state index in [1.165, 1.54) is 0 Å². The van der Waals surface area contributed by atoms with Gasteiger partial charge in [0.1, 0.15) is 0 Å². The molecule has 0 bridgehead atoms. The average molecular weight is 258 g/mol. The van der Waals surface area contributed by atoms with Crippen molar-refractivity contribution in [3.05, 3.63) is 59.7 Å². The van der Waals surface area contributed by atoms with E-state index < -0.39 is 16.9 Å². The van der Waals surface area contributed by atoms with Crippen LogP contribution in [0.4, 0.5) is 0 Å². The van der Waals surface area contributed by atoms with Crippen LogP contribution >= 0.6 is 0 Å². The highest BCUT2D eigenvalue weighted by Crippen LogP contribution is 2.35. The molecule has 0 aromatic heterocycles. The third-order valence-electron chi connectivity index (χ3n) is 3.35. The van der Waals surface area contributed by atoms with E-state index in [4.69, 9.17) is 0 Å². The van der Waals surface area contributed by atoms with Gasteiger partial charge in [0.05, 0.1) is 16.9 Å². The molecule has 3 rings (SSSR count). The first-order valence-electron chi connectivity index (χ1n) is 6.04. The lowest BCUT2D eigenvalue weighted by molar-refractivity contribution is 0.180. The zero-order valence-electron chi connectivity index (χ0n) is 9.87. The fraction of sp³-hybridized carbons (Fsp3) is 0.200. The molecule has 2 aromatic rings. The van der Waals surface area contributed by atoms with Gasteiger partial charge in [-0.25, -0.2) is 4.21 Å². The number of aliphatic hydroxyl groups is 1. The third kappa shape index (κ3) is 1.89. The van der Waals surface area contributed by atoms with Crippen molar-refractivity contribution in [3.63, 3.8) is 0 Å². The smallest absolute Gasteiger partial charge is 0.0852 e. The van der Waals surface area contributed by atoms with E-state index in [1.54, 1.807) is 0 Å². The van der Waals surface area contributed by atoms with Crippen LogP contribution in [-0.4, -0.2) is 9.32 Å². The van der Waals surface area contributed by atoms with Gasteiger partial charge in [-0.15, -0.1) is 0 Å². The summed E-state index contributed by atoms with van der Waals surface area (Å²) >= 11 is 0. The number of fused-ring (bicyclic) bond motifs is 1. The number of benzene rings is 2. The van der Waals surface area contributed by atoms with E-state index in [1.807, 2.05) is 48.5 Å². The summed E-state index contributed by atoms with van der Waals surface area (Å²) in [5.41, 5.74) is 2.00. The second-order valence-corrected chi connectivity index (χ2v) is 5.91. The minimum Gasteiger partial charge on any atom is -0.388 e. The summed E-state index contributed by atoms with van der Waals surface area (Å²) in [5, 5.41) is 9.86. The number of rotatable bonds is 2. The second-order valence-electron chi connectivity index (χ2n) is 4.46. The summed E-state index contributed by atoms with van der Waals surface area (Å²) < 4.78 is 12.5. The molecule has 2 unspecified atom stereocenters. The molecule has 2 atom stereocenters. The van der Waals surface area contributed by atoms with Gasteiger partial charge in [0, 0.05) is 9.79 Å². The predicted octanol–water partition coefficient (Wildman–Crippen LogP) is 2.83. The van der Waals surface area contributed by atoms with Crippen molar-refractivity contribution in [1.29, 1.82) is 0 Å². The summed E-state index contributed by atoms with van der Waals surface area (Å²) in [7, 11) is -1.15. The van der Waals surface area contributed by atoms with Crippen LogP contribution in [0.2, 0.25) is 0 Å². The molecule has 1 aliphatic rings. The van der Waals surface area contributed by atoms with Gasteiger partial charge in [-0.1, -0.05) is 30.3 Å². The molecule has 2 aromatic carbocycles. The molecule has 1 N–H and O–H groups in total. The minimum atomic E-state index is -1.15. The molecule has 3 heteroatoms. The molecule has 92 valence electrons. The standard InChI is InChI=1S/C15H14O2S/c16-14-10-9-13-12(14)7-4-8-15(13)18(17)11-5-2-1-3-6-11/h1-8,14,16H,9-10H2. The molecule has 0 spiro atoms. The molecule has 0 heterocycles. The Balaban J connectivity index is 2.07. The first kappa shape index (κ1) is 11.6. The Labute approximate surface area is 109 Å². The lowest BCUT2D eigenvalue weighted by atomic mass is 10.1. The molecule has 0 radical (unpaired) electrons. The third-order valence-corrected chi connectivity index (χ3v) is 4.84. The normalized spacial score (nSPS) is 19.5. The molecule has 0 saturated carbocycles. The van der Waals surface area contributed by atoms with Crippen LogP contribution in [-0.2, 0) is 17.2 Å². The van der Waals surface area contributed by atoms with E-state index >= 15 is 0 Å². The van der Waals surface area contributed by atoms with Gasteiger partial charge in [-0.3, -0.25) is 0 Å². The molecular formula is C15H14O2S. The number of hydrogen-bond acceptors (Lipinski definition) is 2. The van der Waals surface area contributed by atoms with Crippen molar-refractivity contribution < 1.29 is 9.32 Å². The van der Waals surface area contributed by atoms with Crippen molar-refractivity contribution in [2.45, 2.75) is 28.7 Å². The van der Waals surface area contributed by atoms with E-state index in [0.717, 1.165) is 33.8 Å². The predicted molar refractivity (Wildman–Crippen MR) is 70.8 cm³/mol. The summed E-state index contributed by atoms with van der Waals surface area (Å²) in [4.78, 5) is 1.66. The minimum absolute atomic E-state index is 0.396. The molecule has 0 saturated heterocycles. The van der Waals surface area contributed by atoms with Crippen molar-refractivity contribution in [3.8, 4) is 0 Å². The Kier molecular flexibility index (Phi) is 3.02. The topological polar surface area (TPSA) is 37.3 Å². The SMILES string of the molecule is O=S(c1ccccc1)c1cccc2c1CCC2O. The molecule has 18 heavy (non-hydrogen) atoms. The Morgan fingerprint density at radius 1 is 1.06 bits per heavy atom. The van der Waals surface area contributed by atoms with Gasteiger partial charge in [0.2, 0.25) is 0 Å². The van der Waals surface area contributed by atoms with Gasteiger partial charge in [0.15, 0.2) is 0 Å². The largest absolute Gasteiger partial charge is 0.388 e. The van der Waals surface area contributed by atoms with Crippen molar-refractivity contribution >= 4 is 10.8 Å². The van der Waals surface area contributed by atoms with E-state index in [0.29, 0.717) is 0 Å². The lowest BCUT2D eigenvalue weighted by Crippen LogP contribution is -1.98. The Bertz CT molecular complexity index is 593. The van der Waals surface area contributed by atoms with Crippen LogP contribution in [0.15, 0.2) is 58.3 Å². The van der Waals surface area contributed by atoms with E-state index in [2.05, 4.69) is 0 Å². The van der Waals surface area contributed by atoms with Crippen molar-refractivity contribution in [1.82, 2.24) is 0 Å². The maximum absolute atomic E-state index is 12.5. The maximum Gasteiger partial charge on any atom is 0.0852 e. The van der Waals surface area contributed by atoms with Gasteiger partial charge in [0.25, 0.3) is 0 Å². The first-order valence-corrected chi connectivity index (χ1v) is 7.19. The summed E-state index contributed by atoms with van der Waals surface area (Å²) in [6.07, 6.45) is 1.15. The van der Waals surface area contributed by atoms with Gasteiger partial charge >= 0.3 is 0 Å². The molecule has 2 nitrogen and oxygen atoms in total. The quantitative estimate of drug-likeness (QED) is 0.899. The lowest BCUT2D eigenvalue weighted by Gasteiger charge is -2.09. The van der Waals surface area contributed by atoms with Crippen molar-refractivity contribution in [2.75, 3.05) is 0 Å². The van der Waals surface area contributed by atoms with Crippen LogP contribution in [0.3, 0.4) is 0 Å². The highest BCUT2D eigenvalue weighted by Gasteiger charge is 2.24. The zero-order valence-corrected chi connectivity index (χ0v) is 10.7. The second kappa shape index (κ2) is 4.67. The molecule has 0 amide bonds. The maximum atomic E-state index is 12.5. The average Bonchev–Trinajstić information content (AvgIpc) is 2.81. The highest BCUT2D eigenvalue weighted by molar-refractivity contribution is 7.85. The Hall–Kier alpha value is -1.45. The van der Waals surface area contributed by atoms with Gasteiger partial charge in [-0.2, -0.15) is 0 Å². The molecule has 0 aliphatic heterocycles. The summed E-state index contributed by atoms with van der Waals surface area (Å²) in [6, 6.07) is 15.2. The zero-order chi connectivity index (χ0) is 12.5. The summed E-state index contributed by atoms with van der Waals surface area (Å²) in [5.74, 6) is 0. The first-order chi connectivity index (χ1) is 8.77. The molecule has 0 fully saturated rings. The fourth-order valence-electron chi connectivity index (χ4n) is 2.44. The molecular weight excluding hydrogens is 244 g/mol. The Morgan fingerprint density at radius 3 is 2.61 bits per heavy atom. The van der Waals surface area contributed by atoms with Crippen LogP contribution in [0.1, 0.15) is 23.7 Å². The summed E-state index contributed by atoms with van der Waals surface area (Å²) in [6.45, 7) is 0. The number of hydrogen-bond donors (Lipinski definition) is 1. The fourth-order valence-corrected chi connectivity index (χ4v) is 3.75. The van der Waals surface area contributed by atoms with Crippen LogP contribution in [0, 0.1) is 0 Å². The molecule has 1 aliphatic carbocycles. The van der Waals surface area contributed by atoms with E-state index in [-0.39, 0.29) is 0 Å². The highest BCUT2D eigenvalue weighted by atomic mass is 32.2. The monoisotopic (exact) mass is 258 g/mol. The van der Waals surface area contributed by atoms with Crippen LogP contribution in [0.25, 0.3) is 0 Å². The van der Waals surface area contributed by atoms with Crippen LogP contribution < -0.4 is 0 Å².